The van der Waals surface area contributed by atoms with Gasteiger partial charge in [-0.05, 0) is 37.5 Å². The molecular weight excluding hydrogens is 433 g/mol. The van der Waals surface area contributed by atoms with E-state index in [-0.39, 0.29) is 36.4 Å². The van der Waals surface area contributed by atoms with Crippen LogP contribution in [0.25, 0.3) is 0 Å². The fourth-order valence-corrected chi connectivity index (χ4v) is 2.55. The zero-order chi connectivity index (χ0) is 17.4. The minimum atomic E-state index is -0.563. The van der Waals surface area contributed by atoms with Gasteiger partial charge in [-0.15, -0.1) is 24.0 Å². The smallest absolute Gasteiger partial charge is 0.251 e. The maximum atomic E-state index is 11.8. The van der Waals surface area contributed by atoms with Crippen molar-refractivity contribution in [2.45, 2.75) is 26.3 Å². The Labute approximate surface area is 165 Å². The van der Waals surface area contributed by atoms with E-state index in [2.05, 4.69) is 27.4 Å². The number of likely N-dealkylation sites (tertiary alicyclic amines) is 1. The summed E-state index contributed by atoms with van der Waals surface area (Å²) in [5.74, 6) is 0.0692. The zero-order valence-corrected chi connectivity index (χ0v) is 16.8. The van der Waals surface area contributed by atoms with Gasteiger partial charge < -0.3 is 21.3 Å². The Morgan fingerprint density at radius 3 is 2.36 bits per heavy atom. The average Bonchev–Trinajstić information content (AvgIpc) is 3.11. The van der Waals surface area contributed by atoms with E-state index in [0.717, 1.165) is 31.2 Å². The van der Waals surface area contributed by atoms with Crippen LogP contribution < -0.4 is 16.4 Å². The molecule has 1 aliphatic heterocycles. The average molecular weight is 459 g/mol. The van der Waals surface area contributed by atoms with Gasteiger partial charge in [0.2, 0.25) is 5.91 Å². The number of guanidine groups is 1. The molecule has 2 amide bonds. The second kappa shape index (κ2) is 10.9. The number of nitrogens with one attached hydrogen (secondary N) is 2. The first-order valence-electron chi connectivity index (χ1n) is 8.29. The van der Waals surface area contributed by atoms with Gasteiger partial charge in [0.15, 0.2) is 5.96 Å². The monoisotopic (exact) mass is 459 g/mol. The predicted octanol–water partition coefficient (Wildman–Crippen LogP) is 1.08. The minimum Gasteiger partial charge on any atom is -0.368 e. The van der Waals surface area contributed by atoms with Crippen molar-refractivity contribution < 1.29 is 9.59 Å². The Morgan fingerprint density at radius 1 is 1.16 bits per heavy atom. The highest BCUT2D eigenvalue weighted by Gasteiger charge is 2.15. The minimum absolute atomic E-state index is 0. The molecule has 0 aromatic heterocycles. The summed E-state index contributed by atoms with van der Waals surface area (Å²) in [5, 5.41) is 5.78. The van der Waals surface area contributed by atoms with Crippen molar-refractivity contribution in [1.82, 2.24) is 15.5 Å². The number of primary amides is 1. The van der Waals surface area contributed by atoms with Gasteiger partial charge in [0.25, 0.3) is 5.91 Å². The number of carbonyl (C=O) groups excluding carboxylic acids is 2. The summed E-state index contributed by atoms with van der Waals surface area (Å²) in [5.41, 5.74) is 6.53. The fraction of sp³-hybridized carbons (Fsp3) is 0.471. The molecule has 8 heteroatoms. The third kappa shape index (κ3) is 6.89. The molecule has 0 atom stereocenters. The van der Waals surface area contributed by atoms with Crippen LogP contribution in [0.15, 0.2) is 29.3 Å². The largest absolute Gasteiger partial charge is 0.368 e. The fourth-order valence-electron chi connectivity index (χ4n) is 2.55. The Hall–Kier alpha value is -1.84. The standard InChI is InChI=1S/C17H25N5O2.HI/c1-2-19-17(22-9-3-4-10-22)21-11-13-5-7-14(8-6-13)16(24)20-12-15(18)23;/h5-8H,2-4,9-12H2,1H3,(H2,18,23)(H,19,21)(H,20,24);1H. The van der Waals surface area contributed by atoms with E-state index in [0.29, 0.717) is 12.1 Å². The van der Waals surface area contributed by atoms with Crippen molar-refractivity contribution in [2.24, 2.45) is 10.7 Å². The van der Waals surface area contributed by atoms with E-state index in [9.17, 15) is 9.59 Å². The van der Waals surface area contributed by atoms with Crippen molar-refractivity contribution in [3.8, 4) is 0 Å². The first kappa shape index (κ1) is 21.2. The number of rotatable bonds is 6. The van der Waals surface area contributed by atoms with Gasteiger partial charge in [0.05, 0.1) is 13.1 Å². The van der Waals surface area contributed by atoms with Crippen LogP contribution in [-0.2, 0) is 11.3 Å². The number of halogens is 1. The lowest BCUT2D eigenvalue weighted by Gasteiger charge is -2.20. The van der Waals surface area contributed by atoms with Crippen LogP contribution in [0.4, 0.5) is 0 Å². The maximum absolute atomic E-state index is 11.8. The number of hydrogen-bond donors (Lipinski definition) is 3. The molecule has 1 aromatic rings. The molecule has 0 saturated carbocycles. The van der Waals surface area contributed by atoms with E-state index in [4.69, 9.17) is 5.73 Å². The van der Waals surface area contributed by atoms with Crippen LogP contribution >= 0.6 is 24.0 Å². The van der Waals surface area contributed by atoms with Gasteiger partial charge in [0.1, 0.15) is 0 Å². The molecule has 1 saturated heterocycles. The summed E-state index contributed by atoms with van der Waals surface area (Å²) >= 11 is 0. The van der Waals surface area contributed by atoms with E-state index in [1.165, 1.54) is 12.8 Å². The molecule has 0 unspecified atom stereocenters. The lowest BCUT2D eigenvalue weighted by molar-refractivity contribution is -0.117. The highest BCUT2D eigenvalue weighted by Crippen LogP contribution is 2.10. The molecule has 25 heavy (non-hydrogen) atoms. The quantitative estimate of drug-likeness (QED) is 0.337. The van der Waals surface area contributed by atoms with Crippen LogP contribution in [0.5, 0.6) is 0 Å². The Bertz CT molecular complexity index is 598. The second-order valence-corrected chi connectivity index (χ2v) is 5.71. The summed E-state index contributed by atoms with van der Waals surface area (Å²) in [7, 11) is 0. The van der Waals surface area contributed by atoms with E-state index in [1.807, 2.05) is 12.1 Å². The molecule has 7 nitrogen and oxygen atoms in total. The molecule has 0 bridgehead atoms. The van der Waals surface area contributed by atoms with Crippen LogP contribution in [0.3, 0.4) is 0 Å². The number of benzene rings is 1. The Kier molecular flexibility index (Phi) is 9.25. The van der Waals surface area contributed by atoms with Gasteiger partial charge in [-0.3, -0.25) is 9.59 Å². The van der Waals surface area contributed by atoms with Crippen molar-refractivity contribution >= 4 is 41.8 Å². The first-order chi connectivity index (χ1) is 11.6. The lowest BCUT2D eigenvalue weighted by Crippen LogP contribution is -2.39. The third-order valence-corrected chi connectivity index (χ3v) is 3.79. The molecule has 0 aliphatic carbocycles. The SMILES string of the molecule is CCNC(=NCc1ccc(C(=O)NCC(N)=O)cc1)N1CCCC1.I. The molecule has 4 N–H and O–H groups in total. The predicted molar refractivity (Wildman–Crippen MR) is 109 cm³/mol. The first-order valence-corrected chi connectivity index (χ1v) is 8.29. The van der Waals surface area contributed by atoms with Gasteiger partial charge in [-0.25, -0.2) is 4.99 Å². The number of hydrogen-bond acceptors (Lipinski definition) is 3. The van der Waals surface area contributed by atoms with Crippen LogP contribution in [0, 0.1) is 0 Å². The van der Waals surface area contributed by atoms with E-state index in [1.54, 1.807) is 12.1 Å². The second-order valence-electron chi connectivity index (χ2n) is 5.71. The molecule has 138 valence electrons. The number of nitrogens with zero attached hydrogens (tertiary/aromatic N) is 2. The van der Waals surface area contributed by atoms with E-state index >= 15 is 0 Å². The Morgan fingerprint density at radius 2 is 1.80 bits per heavy atom. The normalized spacial score (nSPS) is 14.0. The summed E-state index contributed by atoms with van der Waals surface area (Å²) in [6, 6.07) is 7.19. The molecule has 0 radical (unpaired) electrons. The van der Waals surface area contributed by atoms with Gasteiger partial charge >= 0.3 is 0 Å². The van der Waals surface area contributed by atoms with Crippen molar-refractivity contribution in [3.05, 3.63) is 35.4 Å². The van der Waals surface area contributed by atoms with Crippen LogP contribution in [0.1, 0.15) is 35.7 Å². The van der Waals surface area contributed by atoms with Crippen molar-refractivity contribution in [1.29, 1.82) is 0 Å². The van der Waals surface area contributed by atoms with Crippen molar-refractivity contribution in [2.75, 3.05) is 26.2 Å². The Balaban J connectivity index is 0.00000312. The molecule has 2 rings (SSSR count). The topological polar surface area (TPSA) is 99.8 Å². The highest BCUT2D eigenvalue weighted by atomic mass is 127. The zero-order valence-electron chi connectivity index (χ0n) is 14.5. The molecular formula is C17H26IN5O2. The van der Waals surface area contributed by atoms with Gasteiger partial charge in [-0.2, -0.15) is 0 Å². The van der Waals surface area contributed by atoms with Gasteiger partial charge in [-0.1, -0.05) is 12.1 Å². The molecule has 0 spiro atoms. The third-order valence-electron chi connectivity index (χ3n) is 3.79. The van der Waals surface area contributed by atoms with Crippen LogP contribution in [0.2, 0.25) is 0 Å². The van der Waals surface area contributed by atoms with Gasteiger partial charge in [0, 0.05) is 25.2 Å². The number of nitrogens with two attached hydrogens (primary N) is 1. The molecule has 1 aliphatic rings. The summed E-state index contributed by atoms with van der Waals surface area (Å²) < 4.78 is 0. The summed E-state index contributed by atoms with van der Waals surface area (Å²) in [4.78, 5) is 29.4. The van der Waals surface area contributed by atoms with E-state index < -0.39 is 5.91 Å². The lowest BCUT2D eigenvalue weighted by atomic mass is 10.1. The number of aliphatic imine (C=N–C) groups is 1. The number of amides is 2. The van der Waals surface area contributed by atoms with Crippen molar-refractivity contribution in [3.63, 3.8) is 0 Å². The highest BCUT2D eigenvalue weighted by molar-refractivity contribution is 14.0. The summed E-state index contributed by atoms with van der Waals surface area (Å²) in [6.45, 7) is 5.39. The molecule has 1 aromatic carbocycles. The van der Waals surface area contributed by atoms with Crippen LogP contribution in [-0.4, -0.2) is 48.9 Å². The molecule has 1 heterocycles. The maximum Gasteiger partial charge on any atom is 0.251 e. The molecule has 1 fully saturated rings. The number of carbonyl (C=O) groups is 2. The summed E-state index contributed by atoms with van der Waals surface area (Å²) in [6.07, 6.45) is 2.42.